The third kappa shape index (κ3) is 0.932. The van der Waals surface area contributed by atoms with Crippen molar-refractivity contribution < 1.29 is 8.78 Å². The molecule has 0 amide bonds. The van der Waals surface area contributed by atoms with Crippen molar-refractivity contribution in [2.75, 3.05) is 0 Å². The molecule has 62 valence electrons. The Hall–Kier alpha value is -0.960. The lowest BCUT2D eigenvalue weighted by atomic mass is 10.1. The van der Waals surface area contributed by atoms with Crippen molar-refractivity contribution in [3.63, 3.8) is 0 Å². The van der Waals surface area contributed by atoms with Crippen LogP contribution in [0.5, 0.6) is 0 Å². The van der Waals surface area contributed by atoms with Gasteiger partial charge in [-0.2, -0.15) is 0 Å². The molecule has 2 aromatic rings. The number of halogens is 2. The standard InChI is InChI=1S/C9H6F2S/c1-5-6(10)2-3-8-9(5)7(11)4-12-8/h2-4H,1H3. The van der Waals surface area contributed by atoms with E-state index in [1.54, 1.807) is 13.0 Å². The number of hydrogen-bond acceptors (Lipinski definition) is 1. The van der Waals surface area contributed by atoms with Crippen molar-refractivity contribution in [3.8, 4) is 0 Å². The van der Waals surface area contributed by atoms with E-state index in [4.69, 9.17) is 0 Å². The van der Waals surface area contributed by atoms with E-state index in [1.807, 2.05) is 0 Å². The molecule has 0 saturated carbocycles. The van der Waals surface area contributed by atoms with Gasteiger partial charge in [0.2, 0.25) is 0 Å². The Labute approximate surface area is 72.4 Å². The quantitative estimate of drug-likeness (QED) is 0.588. The molecule has 0 spiro atoms. The predicted molar refractivity (Wildman–Crippen MR) is 46.5 cm³/mol. The summed E-state index contributed by atoms with van der Waals surface area (Å²) >= 11 is 1.30. The Morgan fingerprint density at radius 2 is 1.92 bits per heavy atom. The lowest BCUT2D eigenvalue weighted by Gasteiger charge is -1.97. The largest absolute Gasteiger partial charge is 0.207 e. The fourth-order valence-electron chi connectivity index (χ4n) is 1.23. The highest BCUT2D eigenvalue weighted by Gasteiger charge is 2.08. The smallest absolute Gasteiger partial charge is 0.142 e. The van der Waals surface area contributed by atoms with Gasteiger partial charge in [0.1, 0.15) is 11.6 Å². The summed E-state index contributed by atoms with van der Waals surface area (Å²) in [5.41, 5.74) is 0.395. The van der Waals surface area contributed by atoms with Crippen LogP contribution in [0.1, 0.15) is 5.56 Å². The molecule has 1 aromatic carbocycles. The SMILES string of the molecule is Cc1c(F)ccc2scc(F)c12. The summed E-state index contributed by atoms with van der Waals surface area (Å²) in [4.78, 5) is 0. The number of benzene rings is 1. The zero-order chi connectivity index (χ0) is 8.72. The fraction of sp³-hybridized carbons (Fsp3) is 0.111. The van der Waals surface area contributed by atoms with Crippen molar-refractivity contribution >= 4 is 21.4 Å². The van der Waals surface area contributed by atoms with Crippen molar-refractivity contribution in [1.82, 2.24) is 0 Å². The summed E-state index contributed by atoms with van der Waals surface area (Å²) in [6.07, 6.45) is 0. The first-order valence-electron chi connectivity index (χ1n) is 3.52. The zero-order valence-corrected chi connectivity index (χ0v) is 7.21. The van der Waals surface area contributed by atoms with Gasteiger partial charge < -0.3 is 0 Å². The third-order valence-electron chi connectivity index (χ3n) is 1.89. The number of thiophene rings is 1. The molecule has 2 rings (SSSR count). The molecule has 0 aliphatic heterocycles. The second kappa shape index (κ2) is 2.52. The molecule has 1 aromatic heterocycles. The summed E-state index contributed by atoms with van der Waals surface area (Å²) in [5.74, 6) is -0.674. The van der Waals surface area contributed by atoms with Gasteiger partial charge in [-0.15, -0.1) is 11.3 Å². The van der Waals surface area contributed by atoms with Gasteiger partial charge in [0, 0.05) is 15.5 Å². The molecule has 0 aliphatic rings. The van der Waals surface area contributed by atoms with Crippen molar-refractivity contribution in [2.24, 2.45) is 0 Å². The van der Waals surface area contributed by atoms with E-state index in [-0.39, 0.29) is 11.6 Å². The number of rotatable bonds is 0. The van der Waals surface area contributed by atoms with Crippen LogP contribution < -0.4 is 0 Å². The molecule has 1 heterocycles. The normalized spacial score (nSPS) is 10.9. The van der Waals surface area contributed by atoms with Gasteiger partial charge in [0.25, 0.3) is 0 Å². The zero-order valence-electron chi connectivity index (χ0n) is 6.40. The first kappa shape index (κ1) is 7.68. The molecule has 0 bridgehead atoms. The van der Waals surface area contributed by atoms with Crippen LogP contribution in [0.3, 0.4) is 0 Å². The maximum Gasteiger partial charge on any atom is 0.142 e. The minimum atomic E-state index is -0.347. The summed E-state index contributed by atoms with van der Waals surface area (Å²) in [7, 11) is 0. The molecule has 0 unspecified atom stereocenters. The van der Waals surface area contributed by atoms with Crippen LogP contribution in [0.2, 0.25) is 0 Å². The first-order valence-corrected chi connectivity index (χ1v) is 4.40. The summed E-state index contributed by atoms with van der Waals surface area (Å²) in [6.45, 7) is 1.59. The Balaban J connectivity index is 2.96. The third-order valence-corrected chi connectivity index (χ3v) is 2.81. The van der Waals surface area contributed by atoms with Gasteiger partial charge in [0.15, 0.2) is 0 Å². The second-order valence-corrected chi connectivity index (χ2v) is 3.54. The molecule has 12 heavy (non-hydrogen) atoms. The average molecular weight is 184 g/mol. The molecular weight excluding hydrogens is 178 g/mol. The van der Waals surface area contributed by atoms with E-state index in [9.17, 15) is 8.78 Å². The van der Waals surface area contributed by atoms with Crippen LogP contribution in [0.15, 0.2) is 17.5 Å². The predicted octanol–water partition coefficient (Wildman–Crippen LogP) is 3.49. The average Bonchev–Trinajstić information content (AvgIpc) is 2.41. The Kier molecular flexibility index (Phi) is 1.61. The molecule has 3 heteroatoms. The minimum Gasteiger partial charge on any atom is -0.207 e. The minimum absolute atomic E-state index is 0.327. The highest BCUT2D eigenvalue weighted by molar-refractivity contribution is 7.17. The van der Waals surface area contributed by atoms with Crippen LogP contribution in [-0.4, -0.2) is 0 Å². The molecule has 0 nitrogen and oxygen atoms in total. The number of hydrogen-bond donors (Lipinski definition) is 0. The fourth-order valence-corrected chi connectivity index (χ4v) is 2.09. The highest BCUT2D eigenvalue weighted by atomic mass is 32.1. The maximum atomic E-state index is 13.0. The van der Waals surface area contributed by atoms with Gasteiger partial charge in [-0.1, -0.05) is 0 Å². The summed E-state index contributed by atoms with van der Waals surface area (Å²) in [5, 5.41) is 1.82. The molecule has 0 N–H and O–H groups in total. The van der Waals surface area contributed by atoms with Crippen molar-refractivity contribution in [3.05, 3.63) is 34.7 Å². The van der Waals surface area contributed by atoms with Crippen LogP contribution in [0.25, 0.3) is 10.1 Å². The lowest BCUT2D eigenvalue weighted by molar-refractivity contribution is 0.615. The monoisotopic (exact) mass is 184 g/mol. The van der Waals surface area contributed by atoms with Crippen LogP contribution in [-0.2, 0) is 0 Å². The summed E-state index contributed by atoms with van der Waals surface area (Å²) < 4.78 is 26.8. The molecule has 0 radical (unpaired) electrons. The molecule has 0 atom stereocenters. The Morgan fingerprint density at radius 3 is 2.67 bits per heavy atom. The van der Waals surface area contributed by atoms with Gasteiger partial charge in [-0.3, -0.25) is 0 Å². The summed E-state index contributed by atoms with van der Waals surface area (Å²) in [6, 6.07) is 2.97. The molecular formula is C9H6F2S. The number of fused-ring (bicyclic) bond motifs is 1. The van der Waals surface area contributed by atoms with Gasteiger partial charge >= 0.3 is 0 Å². The molecule has 0 fully saturated rings. The number of aryl methyl sites for hydroxylation is 1. The molecule has 0 saturated heterocycles. The van der Waals surface area contributed by atoms with E-state index >= 15 is 0 Å². The topological polar surface area (TPSA) is 0 Å². The van der Waals surface area contributed by atoms with Crippen LogP contribution >= 0.6 is 11.3 Å². The first-order chi connectivity index (χ1) is 5.70. The van der Waals surface area contributed by atoms with Crippen LogP contribution in [0.4, 0.5) is 8.78 Å². The van der Waals surface area contributed by atoms with E-state index < -0.39 is 0 Å². The van der Waals surface area contributed by atoms with Gasteiger partial charge in [-0.25, -0.2) is 8.78 Å². The van der Waals surface area contributed by atoms with Crippen LogP contribution in [0, 0.1) is 18.6 Å². The highest BCUT2D eigenvalue weighted by Crippen LogP contribution is 2.28. The molecule has 0 aliphatic carbocycles. The van der Waals surface area contributed by atoms with Gasteiger partial charge in [0.05, 0.1) is 0 Å². The lowest BCUT2D eigenvalue weighted by Crippen LogP contribution is -1.82. The second-order valence-electron chi connectivity index (χ2n) is 2.63. The van der Waals surface area contributed by atoms with E-state index in [2.05, 4.69) is 0 Å². The van der Waals surface area contributed by atoms with Crippen molar-refractivity contribution in [1.29, 1.82) is 0 Å². The van der Waals surface area contributed by atoms with Gasteiger partial charge in [-0.05, 0) is 24.6 Å². The van der Waals surface area contributed by atoms with E-state index in [0.29, 0.717) is 10.9 Å². The van der Waals surface area contributed by atoms with Crippen molar-refractivity contribution in [2.45, 2.75) is 6.92 Å². The maximum absolute atomic E-state index is 13.0. The van der Waals surface area contributed by atoms with E-state index in [0.717, 1.165) is 4.70 Å². The van der Waals surface area contributed by atoms with E-state index in [1.165, 1.54) is 22.8 Å². The Morgan fingerprint density at radius 1 is 1.17 bits per heavy atom. The Bertz CT molecular complexity index is 431.